The van der Waals surface area contributed by atoms with E-state index in [9.17, 15) is 14.4 Å². The fraction of sp³-hybridized carbons (Fsp3) is 0.396. The third-order valence-electron chi connectivity index (χ3n) is 14.9. The maximum atomic E-state index is 16.2. The summed E-state index contributed by atoms with van der Waals surface area (Å²) in [4.78, 5) is 61.8. The van der Waals surface area contributed by atoms with E-state index in [2.05, 4.69) is 15.2 Å². The molecule has 8 aromatic rings. The van der Waals surface area contributed by atoms with E-state index in [4.69, 9.17) is 14.4 Å². The molecule has 2 saturated heterocycles. The molecule has 19 heteroatoms. The number of benzene rings is 2. The maximum absolute atomic E-state index is 16.2. The molecular formula is C48H47F2N11O6. The summed E-state index contributed by atoms with van der Waals surface area (Å²) in [5.74, 6) is -1.52. The molecule has 1 aliphatic carbocycles. The van der Waals surface area contributed by atoms with Crippen molar-refractivity contribution in [2.75, 3.05) is 6.61 Å². The first kappa shape index (κ1) is 41.3. The Kier molecular flexibility index (Phi) is 8.74. The normalized spacial score (nSPS) is 23.1. The lowest BCUT2D eigenvalue weighted by Crippen LogP contribution is -2.43. The van der Waals surface area contributed by atoms with E-state index in [1.165, 1.54) is 27.6 Å². The fourth-order valence-corrected chi connectivity index (χ4v) is 11.6. The zero-order chi connectivity index (χ0) is 46.6. The van der Waals surface area contributed by atoms with Gasteiger partial charge < -0.3 is 18.8 Å². The van der Waals surface area contributed by atoms with Gasteiger partial charge in [-0.2, -0.15) is 10.2 Å². The lowest BCUT2D eigenvalue weighted by atomic mass is 9.93. The smallest absolute Gasteiger partial charge is 0.375 e. The first-order valence-electron chi connectivity index (χ1n) is 22.7. The summed E-state index contributed by atoms with van der Waals surface area (Å²) in [6.07, 6.45) is 9.61. The Bertz CT molecular complexity index is 3580. The lowest BCUT2D eigenvalue weighted by molar-refractivity contribution is -0.0695. The molecule has 4 aliphatic rings. The topological polar surface area (TPSA) is 178 Å². The summed E-state index contributed by atoms with van der Waals surface area (Å²) in [5, 5.41) is 14.4. The summed E-state index contributed by atoms with van der Waals surface area (Å²) in [5.41, 5.74) is 1.78. The van der Waals surface area contributed by atoms with Crippen molar-refractivity contribution >= 4 is 27.7 Å². The van der Waals surface area contributed by atoms with Crippen LogP contribution >= 0.6 is 0 Å². The van der Waals surface area contributed by atoms with Crippen LogP contribution in [0.4, 0.5) is 8.78 Å². The molecule has 3 fully saturated rings. The van der Waals surface area contributed by atoms with Crippen molar-refractivity contribution in [2.45, 2.75) is 102 Å². The maximum Gasteiger partial charge on any atom is 0.438 e. The van der Waals surface area contributed by atoms with Crippen molar-refractivity contribution in [3.8, 4) is 17.2 Å². The predicted molar refractivity (Wildman–Crippen MR) is 240 cm³/mol. The Labute approximate surface area is 379 Å². The van der Waals surface area contributed by atoms with Crippen molar-refractivity contribution in [1.82, 2.24) is 52.9 Å². The monoisotopic (exact) mass is 911 g/mol. The fourth-order valence-electron chi connectivity index (χ4n) is 11.6. The summed E-state index contributed by atoms with van der Waals surface area (Å²) >= 11 is 0. The SMILES string of the molecule is Cc1cc(-n2nc3c(c2-n2ccn(-c4ccc5c(cnn5C)c4F)c2=O)[C@@H]2CC[C@H](C3)N2C(=O)c2cc3cn(C4CCOC(C)(C)C4)c(=O)cc3n2[C@@]2(c3noc(=O)[nH]3)C[C@@H]2C)cc(C)c1F. The van der Waals surface area contributed by atoms with Crippen LogP contribution in [0.3, 0.4) is 0 Å². The Morgan fingerprint density at radius 1 is 0.925 bits per heavy atom. The van der Waals surface area contributed by atoms with Crippen LogP contribution in [0, 0.1) is 31.4 Å². The molecule has 0 spiro atoms. The zero-order valence-electron chi connectivity index (χ0n) is 37.7. The van der Waals surface area contributed by atoms with Crippen molar-refractivity contribution in [1.29, 1.82) is 0 Å². The molecule has 1 unspecified atom stereocenters. The Hall–Kier alpha value is -7.15. The number of imidazole rings is 1. The Morgan fingerprint density at radius 2 is 1.69 bits per heavy atom. The number of ether oxygens (including phenoxy) is 1. The first-order valence-corrected chi connectivity index (χ1v) is 22.7. The van der Waals surface area contributed by atoms with Gasteiger partial charge in [-0.3, -0.25) is 32.9 Å². The molecule has 1 amide bonds. The molecule has 67 heavy (non-hydrogen) atoms. The van der Waals surface area contributed by atoms with Crippen LogP contribution in [-0.4, -0.2) is 77.0 Å². The van der Waals surface area contributed by atoms with E-state index in [1.807, 2.05) is 42.5 Å². The number of hydrogen-bond donors (Lipinski definition) is 1. The zero-order valence-corrected chi connectivity index (χ0v) is 37.7. The van der Waals surface area contributed by atoms with E-state index in [1.54, 1.807) is 65.3 Å². The van der Waals surface area contributed by atoms with Gasteiger partial charge in [0, 0.05) is 67.8 Å². The van der Waals surface area contributed by atoms with Gasteiger partial charge in [-0.25, -0.2) is 23.1 Å². The van der Waals surface area contributed by atoms with Crippen molar-refractivity contribution in [2.24, 2.45) is 13.0 Å². The third kappa shape index (κ3) is 5.95. The summed E-state index contributed by atoms with van der Waals surface area (Å²) in [6, 6.07) is 8.98. The van der Waals surface area contributed by atoms with Crippen LogP contribution in [0.25, 0.3) is 39.0 Å². The molecule has 1 N–H and O–H groups in total. The number of fused-ring (bicyclic) bond motifs is 6. The van der Waals surface area contributed by atoms with Crippen LogP contribution < -0.4 is 17.0 Å². The molecule has 12 rings (SSSR count). The van der Waals surface area contributed by atoms with Crippen LogP contribution in [0.5, 0.6) is 0 Å². The van der Waals surface area contributed by atoms with Gasteiger partial charge in [0.15, 0.2) is 11.6 Å². The van der Waals surface area contributed by atoms with E-state index in [0.717, 1.165) is 0 Å². The van der Waals surface area contributed by atoms with Crippen molar-refractivity contribution < 1.29 is 22.8 Å². The van der Waals surface area contributed by atoms with E-state index in [-0.39, 0.29) is 52.2 Å². The second-order valence-corrected chi connectivity index (χ2v) is 19.5. The van der Waals surface area contributed by atoms with Gasteiger partial charge in [-0.15, -0.1) is 0 Å². The molecule has 1 saturated carbocycles. The number of H-pyrrole nitrogens is 1. The largest absolute Gasteiger partial charge is 0.438 e. The highest BCUT2D eigenvalue weighted by atomic mass is 19.1. The average Bonchev–Trinajstić information content (AvgIpc) is 3.99. The standard InChI is InChI=1S/C48H47F2N11O6/c1-24-15-30(16-25(2)40(24)49)61-42(57-13-12-56(46(57)65)35-10-9-33-31(41(35)50)22-51-55(33)6)39-32(53-61)18-28-7-8-34(39)59(28)43(63)37-17-27-23-58(29-11-14-66-47(4,5)21-29)38(62)19-36(27)60(37)48(20-26(48)3)44-52-45(64)67-54-44/h9-10,12-13,15-17,19,22-23,26,28-29,34H,7-8,11,14,18,20-21H2,1-6H3,(H,52,54,64)/t26-,28+,29?,34-,48-/m0/s1. The second kappa shape index (κ2) is 14.2. The number of halogens is 2. The van der Waals surface area contributed by atoms with Crippen molar-refractivity contribution in [3.05, 3.63) is 138 Å². The highest BCUT2D eigenvalue weighted by Crippen LogP contribution is 2.56. The first-order chi connectivity index (χ1) is 32.0. The van der Waals surface area contributed by atoms with Gasteiger partial charge in [-0.05, 0) is 107 Å². The summed E-state index contributed by atoms with van der Waals surface area (Å²) < 4.78 is 51.8. The van der Waals surface area contributed by atoms with Gasteiger partial charge >= 0.3 is 11.4 Å². The second-order valence-electron chi connectivity index (χ2n) is 19.5. The quantitative estimate of drug-likeness (QED) is 0.195. The summed E-state index contributed by atoms with van der Waals surface area (Å²) in [7, 11) is 1.71. The number of nitrogens with one attached hydrogen (secondary N) is 1. The molecule has 17 nitrogen and oxygen atoms in total. The number of aromatic amines is 1. The number of pyridine rings is 1. The third-order valence-corrected chi connectivity index (χ3v) is 14.9. The van der Waals surface area contributed by atoms with Gasteiger partial charge in [-0.1, -0.05) is 12.1 Å². The minimum absolute atomic E-state index is 0.0306. The highest BCUT2D eigenvalue weighted by Gasteiger charge is 2.60. The Morgan fingerprint density at radius 3 is 2.40 bits per heavy atom. The molecule has 344 valence electrons. The average molecular weight is 912 g/mol. The number of nitrogens with zero attached hydrogens (tertiary/aromatic N) is 10. The predicted octanol–water partition coefficient (Wildman–Crippen LogP) is 6.20. The Balaban J connectivity index is 1.03. The lowest BCUT2D eigenvalue weighted by Gasteiger charge is -2.36. The van der Waals surface area contributed by atoms with Gasteiger partial charge in [0.1, 0.15) is 22.9 Å². The minimum Gasteiger partial charge on any atom is -0.375 e. The number of aromatic nitrogens is 10. The number of carbonyl (C=O) groups excluding carboxylic acids is 1. The number of aryl methyl sites for hydroxylation is 3. The van der Waals surface area contributed by atoms with E-state index in [0.29, 0.717) is 101 Å². The van der Waals surface area contributed by atoms with E-state index < -0.39 is 34.4 Å². The molecule has 2 bridgehead atoms. The number of amides is 1. The molecule has 0 radical (unpaired) electrons. The highest BCUT2D eigenvalue weighted by molar-refractivity contribution is 6.00. The molecule has 5 atom stereocenters. The summed E-state index contributed by atoms with van der Waals surface area (Å²) in [6.45, 7) is 9.85. The number of carbonyl (C=O) groups is 1. The van der Waals surface area contributed by atoms with Crippen LogP contribution in [0.2, 0.25) is 0 Å². The van der Waals surface area contributed by atoms with Crippen molar-refractivity contribution in [3.63, 3.8) is 0 Å². The number of hydrogen-bond acceptors (Lipinski definition) is 9. The van der Waals surface area contributed by atoms with Crippen LogP contribution in [0.15, 0.2) is 80.1 Å². The minimum atomic E-state index is -1.00. The van der Waals surface area contributed by atoms with Gasteiger partial charge in [0.25, 0.3) is 11.5 Å². The molecule has 2 aromatic carbocycles. The molecular weight excluding hydrogens is 865 g/mol. The van der Waals surface area contributed by atoms with Gasteiger partial charge in [0.05, 0.1) is 51.3 Å². The van der Waals surface area contributed by atoms with E-state index >= 15 is 13.6 Å². The molecule has 3 aliphatic heterocycles. The van der Waals surface area contributed by atoms with Crippen LogP contribution in [-0.2, 0) is 23.7 Å². The van der Waals surface area contributed by atoms with Gasteiger partial charge in [0.2, 0.25) is 0 Å². The number of rotatable bonds is 7. The molecule has 6 aromatic heterocycles. The van der Waals surface area contributed by atoms with Crippen LogP contribution in [0.1, 0.15) is 104 Å². The molecule has 9 heterocycles.